The van der Waals surface area contributed by atoms with Crippen molar-refractivity contribution in [2.45, 2.75) is 12.1 Å². The summed E-state index contributed by atoms with van der Waals surface area (Å²) in [6.07, 6.45) is -4.32. The molecule has 1 rings (SSSR count). The van der Waals surface area contributed by atoms with Gasteiger partial charge in [0.2, 0.25) is 0 Å². The van der Waals surface area contributed by atoms with Crippen LogP contribution < -0.4 is 0 Å². The standard InChI is InChI=1S/C8H5ClF3I/c9-4-5-2-1-3-6(13)7(5)8(10,11)12/h1-3H,4H2. The topological polar surface area (TPSA) is 0 Å². The molecule has 5 heteroatoms. The molecule has 0 radical (unpaired) electrons. The van der Waals surface area contributed by atoms with Gasteiger partial charge in [-0.05, 0) is 34.2 Å². The van der Waals surface area contributed by atoms with Crippen LogP contribution in [0.1, 0.15) is 11.1 Å². The van der Waals surface area contributed by atoms with E-state index in [0.717, 1.165) is 0 Å². The molecule has 0 aliphatic carbocycles. The molecule has 0 bridgehead atoms. The second-order valence-electron chi connectivity index (χ2n) is 2.41. The maximum atomic E-state index is 12.4. The van der Waals surface area contributed by atoms with Gasteiger partial charge in [-0.2, -0.15) is 13.2 Å². The molecule has 0 saturated carbocycles. The van der Waals surface area contributed by atoms with E-state index < -0.39 is 11.7 Å². The molecule has 0 fully saturated rings. The van der Waals surface area contributed by atoms with E-state index >= 15 is 0 Å². The average molecular weight is 320 g/mol. The van der Waals surface area contributed by atoms with E-state index in [1.807, 2.05) is 0 Å². The van der Waals surface area contributed by atoms with E-state index in [2.05, 4.69) is 0 Å². The van der Waals surface area contributed by atoms with Crippen LogP contribution in [0.3, 0.4) is 0 Å². The van der Waals surface area contributed by atoms with Crippen molar-refractivity contribution in [3.63, 3.8) is 0 Å². The fraction of sp³-hybridized carbons (Fsp3) is 0.250. The molecule has 13 heavy (non-hydrogen) atoms. The van der Waals surface area contributed by atoms with Gasteiger partial charge in [0.25, 0.3) is 0 Å². The third-order valence-electron chi connectivity index (χ3n) is 1.53. The number of hydrogen-bond donors (Lipinski definition) is 0. The number of rotatable bonds is 1. The number of halogens is 5. The van der Waals surface area contributed by atoms with Gasteiger partial charge in [0.05, 0.1) is 5.56 Å². The van der Waals surface area contributed by atoms with Gasteiger partial charge in [-0.1, -0.05) is 12.1 Å². The molecule has 0 atom stereocenters. The minimum atomic E-state index is -4.32. The molecular formula is C8H5ClF3I. The Kier molecular flexibility index (Phi) is 3.45. The van der Waals surface area contributed by atoms with Gasteiger partial charge in [-0.25, -0.2) is 0 Å². The van der Waals surface area contributed by atoms with Crippen molar-refractivity contribution in [2.75, 3.05) is 0 Å². The lowest BCUT2D eigenvalue weighted by molar-refractivity contribution is -0.138. The average Bonchev–Trinajstić information content (AvgIpc) is 2.01. The molecule has 0 heterocycles. The van der Waals surface area contributed by atoms with E-state index in [9.17, 15) is 13.2 Å². The van der Waals surface area contributed by atoms with E-state index in [1.54, 1.807) is 28.7 Å². The highest BCUT2D eigenvalue weighted by molar-refractivity contribution is 14.1. The van der Waals surface area contributed by atoms with Crippen LogP contribution in [-0.2, 0) is 12.1 Å². The zero-order valence-electron chi connectivity index (χ0n) is 6.33. The monoisotopic (exact) mass is 320 g/mol. The normalized spacial score (nSPS) is 11.8. The molecule has 72 valence electrons. The van der Waals surface area contributed by atoms with Crippen molar-refractivity contribution in [2.24, 2.45) is 0 Å². The van der Waals surface area contributed by atoms with Gasteiger partial charge in [-0.3, -0.25) is 0 Å². The number of hydrogen-bond acceptors (Lipinski definition) is 0. The largest absolute Gasteiger partial charge is 0.417 e. The first kappa shape index (κ1) is 11.1. The summed E-state index contributed by atoms with van der Waals surface area (Å²) in [6, 6.07) is 4.37. The first-order valence-electron chi connectivity index (χ1n) is 3.37. The second-order valence-corrected chi connectivity index (χ2v) is 3.83. The van der Waals surface area contributed by atoms with Crippen LogP contribution >= 0.6 is 34.2 Å². The molecule has 1 aromatic rings. The van der Waals surface area contributed by atoms with Crippen LogP contribution in [0, 0.1) is 3.57 Å². The summed E-state index contributed by atoms with van der Waals surface area (Å²) in [5.41, 5.74) is -0.494. The zero-order chi connectivity index (χ0) is 10.1. The minimum Gasteiger partial charge on any atom is -0.166 e. The molecule has 0 amide bonds. The van der Waals surface area contributed by atoms with E-state index in [0.29, 0.717) is 0 Å². The maximum Gasteiger partial charge on any atom is 0.417 e. The molecule has 0 nitrogen and oxygen atoms in total. The number of alkyl halides is 4. The fourth-order valence-corrected chi connectivity index (χ4v) is 2.08. The quantitative estimate of drug-likeness (QED) is 0.541. The molecule has 0 saturated heterocycles. The van der Waals surface area contributed by atoms with Crippen LogP contribution in [0.25, 0.3) is 0 Å². The highest BCUT2D eigenvalue weighted by Crippen LogP contribution is 2.35. The Bertz CT molecular complexity index is 309. The molecule has 0 N–H and O–H groups in total. The minimum absolute atomic E-state index is 0.119. The maximum absolute atomic E-state index is 12.4. The summed E-state index contributed by atoms with van der Waals surface area (Å²) in [6.45, 7) is 0. The van der Waals surface area contributed by atoms with Crippen molar-refractivity contribution in [3.8, 4) is 0 Å². The molecule has 0 aromatic heterocycles. The predicted molar refractivity (Wildman–Crippen MR) is 53.7 cm³/mol. The van der Waals surface area contributed by atoms with Gasteiger partial charge in [0.15, 0.2) is 0 Å². The molecule has 0 aliphatic rings. The Labute approximate surface area is 92.2 Å². The summed E-state index contributed by atoms with van der Waals surface area (Å²) >= 11 is 7.06. The summed E-state index contributed by atoms with van der Waals surface area (Å²) in [5.74, 6) is -0.119. The lowest BCUT2D eigenvalue weighted by atomic mass is 10.1. The van der Waals surface area contributed by atoms with E-state index in [4.69, 9.17) is 11.6 Å². The molecule has 0 aliphatic heterocycles. The number of benzene rings is 1. The Balaban J connectivity index is 3.32. The summed E-state index contributed by atoms with van der Waals surface area (Å²) in [5, 5.41) is 0. The van der Waals surface area contributed by atoms with Crippen LogP contribution in [0.5, 0.6) is 0 Å². The smallest absolute Gasteiger partial charge is 0.166 e. The Morgan fingerprint density at radius 3 is 2.31 bits per heavy atom. The Morgan fingerprint density at radius 2 is 1.92 bits per heavy atom. The van der Waals surface area contributed by atoms with Crippen molar-refractivity contribution in [3.05, 3.63) is 32.9 Å². The van der Waals surface area contributed by atoms with Crippen LogP contribution in [0.15, 0.2) is 18.2 Å². The third-order valence-corrected chi connectivity index (χ3v) is 2.71. The van der Waals surface area contributed by atoms with Gasteiger partial charge >= 0.3 is 6.18 Å². The van der Waals surface area contributed by atoms with Gasteiger partial charge in [-0.15, -0.1) is 11.6 Å². The highest BCUT2D eigenvalue weighted by Gasteiger charge is 2.35. The SMILES string of the molecule is FC(F)(F)c1c(I)cccc1CCl. The molecular weight excluding hydrogens is 315 g/mol. The molecule has 0 unspecified atom stereocenters. The fourth-order valence-electron chi connectivity index (χ4n) is 0.998. The van der Waals surface area contributed by atoms with Crippen molar-refractivity contribution >= 4 is 34.2 Å². The van der Waals surface area contributed by atoms with Crippen LogP contribution in [0.2, 0.25) is 0 Å². The molecule has 0 spiro atoms. The van der Waals surface area contributed by atoms with E-state index in [1.165, 1.54) is 12.1 Å². The first-order valence-corrected chi connectivity index (χ1v) is 4.98. The summed E-state index contributed by atoms with van der Waals surface area (Å²) in [4.78, 5) is 0. The predicted octanol–water partition coefficient (Wildman–Crippen LogP) is 4.05. The van der Waals surface area contributed by atoms with Crippen molar-refractivity contribution < 1.29 is 13.2 Å². The van der Waals surface area contributed by atoms with Gasteiger partial charge in [0.1, 0.15) is 0 Å². The zero-order valence-corrected chi connectivity index (χ0v) is 9.24. The Hall–Kier alpha value is 0.0300. The van der Waals surface area contributed by atoms with E-state index in [-0.39, 0.29) is 15.0 Å². The summed E-state index contributed by atoms with van der Waals surface area (Å²) < 4.78 is 37.5. The first-order chi connectivity index (χ1) is 5.96. The van der Waals surface area contributed by atoms with Gasteiger partial charge in [0, 0.05) is 9.45 Å². The molecule has 1 aromatic carbocycles. The lowest BCUT2D eigenvalue weighted by Crippen LogP contribution is -2.10. The van der Waals surface area contributed by atoms with Crippen molar-refractivity contribution in [1.29, 1.82) is 0 Å². The van der Waals surface area contributed by atoms with Crippen molar-refractivity contribution in [1.82, 2.24) is 0 Å². The second kappa shape index (κ2) is 4.04. The van der Waals surface area contributed by atoms with Gasteiger partial charge < -0.3 is 0 Å². The third kappa shape index (κ3) is 2.49. The summed E-state index contributed by atoms with van der Waals surface area (Å²) in [7, 11) is 0. The highest BCUT2D eigenvalue weighted by atomic mass is 127. The Morgan fingerprint density at radius 1 is 1.31 bits per heavy atom. The van der Waals surface area contributed by atoms with Crippen LogP contribution in [0.4, 0.5) is 13.2 Å². The lowest BCUT2D eigenvalue weighted by Gasteiger charge is -2.12. The van der Waals surface area contributed by atoms with Crippen LogP contribution in [-0.4, -0.2) is 0 Å².